The minimum absolute atomic E-state index is 0.0462. The number of carbonyl (C=O) groups is 1. The number of methoxy groups -OCH3 is 1. The first-order chi connectivity index (χ1) is 17.1. The molecule has 0 fully saturated rings. The third kappa shape index (κ3) is 5.39. The molecule has 1 aromatic carbocycles. The van der Waals surface area contributed by atoms with Gasteiger partial charge < -0.3 is 24.7 Å². The fourth-order valence-electron chi connectivity index (χ4n) is 3.75. The number of aromatic nitrogens is 4. The lowest BCUT2D eigenvalue weighted by Gasteiger charge is -2.30. The molecule has 0 radical (unpaired) electrons. The van der Waals surface area contributed by atoms with Crippen molar-refractivity contribution in [1.29, 1.82) is 0 Å². The van der Waals surface area contributed by atoms with Crippen molar-refractivity contribution in [2.45, 2.75) is 25.4 Å². The highest BCUT2D eigenvalue weighted by atomic mass is 79.9. The van der Waals surface area contributed by atoms with Crippen molar-refractivity contribution in [2.75, 3.05) is 26.5 Å². The molecule has 2 aromatic heterocycles. The Balaban J connectivity index is 1.50. The van der Waals surface area contributed by atoms with Gasteiger partial charge in [-0.25, -0.2) is 9.55 Å². The number of hydrogen-bond acceptors (Lipinski definition) is 9. The fourth-order valence-corrected chi connectivity index (χ4v) is 5.67. The number of ether oxygens (including phenoxy) is 1. The van der Waals surface area contributed by atoms with Gasteiger partial charge in [0.15, 0.2) is 11.2 Å². The molecule has 4 atom stereocenters. The number of nitrogens with two attached hydrogens (primary N) is 1. The first kappa shape index (κ1) is 26.1. The zero-order valence-corrected chi connectivity index (χ0v) is 22.3. The predicted octanol–water partition coefficient (Wildman–Crippen LogP) is 3.91. The van der Waals surface area contributed by atoms with E-state index in [2.05, 4.69) is 30.9 Å². The van der Waals surface area contributed by atoms with E-state index < -0.39 is 19.8 Å². The number of aliphatic carboxylic acids is 1. The van der Waals surface area contributed by atoms with E-state index in [1.807, 2.05) is 16.7 Å². The van der Waals surface area contributed by atoms with Crippen LogP contribution in [0.4, 0.5) is 5.95 Å². The minimum Gasteiger partial charge on any atom is -0.480 e. The number of carboxylic acids is 1. The zero-order valence-electron chi connectivity index (χ0n) is 19.8. The summed E-state index contributed by atoms with van der Waals surface area (Å²) >= 11 is 3.34. The highest BCUT2D eigenvalue weighted by molar-refractivity contribution is 9.10. The standard InChI is InChI=1S/C22H26BrN6O6P/c1-13(21(30)31)28(2)36(32,35-17-8-5-15(23)6-9-17)34-11-14-4-7-16(10-14)29-12-25-18-19(29)26-22(24)27-20(18)33-3/h4-9,12-14,16H,10-11H2,1-3H3,(H,30,31)(H2,24,26,27)/t13-,14+,16-,36?/m0/s1. The van der Waals surface area contributed by atoms with Crippen LogP contribution in [0.3, 0.4) is 0 Å². The number of allylic oxidation sites excluding steroid dienone is 1. The van der Waals surface area contributed by atoms with Crippen LogP contribution < -0.4 is 15.0 Å². The summed E-state index contributed by atoms with van der Waals surface area (Å²) in [7, 11) is -1.13. The molecule has 192 valence electrons. The van der Waals surface area contributed by atoms with Crippen LogP contribution in [0.1, 0.15) is 19.4 Å². The molecule has 3 aromatic rings. The molecule has 0 aliphatic heterocycles. The van der Waals surface area contributed by atoms with Gasteiger partial charge in [-0.3, -0.25) is 9.32 Å². The van der Waals surface area contributed by atoms with Crippen LogP contribution in [0.5, 0.6) is 11.6 Å². The number of nitrogens with zero attached hydrogens (tertiary/aromatic N) is 5. The number of imidazole rings is 1. The van der Waals surface area contributed by atoms with E-state index in [-0.39, 0.29) is 24.5 Å². The van der Waals surface area contributed by atoms with Gasteiger partial charge in [0.25, 0.3) is 0 Å². The normalized spacial score (nSPS) is 19.9. The van der Waals surface area contributed by atoms with Crippen molar-refractivity contribution >= 4 is 46.8 Å². The number of benzene rings is 1. The molecule has 4 rings (SSSR count). The van der Waals surface area contributed by atoms with Crippen LogP contribution in [-0.2, 0) is 13.9 Å². The van der Waals surface area contributed by atoms with E-state index in [1.54, 1.807) is 30.6 Å². The largest absolute Gasteiger partial charge is 0.480 e. The smallest absolute Gasteiger partial charge is 0.461 e. The van der Waals surface area contributed by atoms with Crippen molar-refractivity contribution in [3.63, 3.8) is 0 Å². The SMILES string of the molecule is COc1nc(N)nc2c1ncn2[C@H]1C=C[C@@H](COP(=O)(Oc2ccc(Br)cc2)N(C)[C@@H](C)C(=O)O)C1. The van der Waals surface area contributed by atoms with Crippen LogP contribution in [0.2, 0.25) is 0 Å². The molecule has 12 nitrogen and oxygen atoms in total. The molecule has 2 heterocycles. The average Bonchev–Trinajstić information content (AvgIpc) is 3.49. The number of rotatable bonds is 10. The maximum Gasteiger partial charge on any atom is 0.461 e. The summed E-state index contributed by atoms with van der Waals surface area (Å²) < 4.78 is 34.4. The van der Waals surface area contributed by atoms with Gasteiger partial charge in [0.2, 0.25) is 11.8 Å². The van der Waals surface area contributed by atoms with Crippen molar-refractivity contribution in [2.24, 2.45) is 5.92 Å². The van der Waals surface area contributed by atoms with Gasteiger partial charge in [0, 0.05) is 10.4 Å². The lowest BCUT2D eigenvalue weighted by Crippen LogP contribution is -2.35. The molecule has 3 N–H and O–H groups in total. The summed E-state index contributed by atoms with van der Waals surface area (Å²) in [6, 6.07) is 5.49. The van der Waals surface area contributed by atoms with E-state index in [0.29, 0.717) is 29.2 Å². The van der Waals surface area contributed by atoms with E-state index in [0.717, 1.165) is 9.14 Å². The summed E-state index contributed by atoms with van der Waals surface area (Å²) in [6.45, 7) is 1.46. The number of hydrogen-bond donors (Lipinski definition) is 2. The summed E-state index contributed by atoms with van der Waals surface area (Å²) in [5, 5.41) is 9.45. The quantitative estimate of drug-likeness (QED) is 0.265. The monoisotopic (exact) mass is 580 g/mol. The fraction of sp³-hybridized carbons (Fsp3) is 0.364. The van der Waals surface area contributed by atoms with Gasteiger partial charge in [0.1, 0.15) is 11.8 Å². The van der Waals surface area contributed by atoms with Crippen LogP contribution in [-0.4, -0.2) is 62.1 Å². The number of nitrogen functional groups attached to an aromatic ring is 1. The molecular formula is C22H26BrN6O6P. The maximum absolute atomic E-state index is 13.8. The van der Waals surface area contributed by atoms with Crippen molar-refractivity contribution < 1.29 is 28.3 Å². The second kappa shape index (κ2) is 10.6. The third-order valence-corrected chi connectivity index (χ3v) is 8.46. The summed E-state index contributed by atoms with van der Waals surface area (Å²) in [6.07, 6.45) is 6.17. The molecule has 0 bridgehead atoms. The Morgan fingerprint density at radius 3 is 2.72 bits per heavy atom. The molecule has 1 aliphatic carbocycles. The third-order valence-electron chi connectivity index (χ3n) is 5.90. The van der Waals surface area contributed by atoms with Crippen LogP contribution in [0, 0.1) is 5.92 Å². The number of carboxylic acid groups (broad SMARTS) is 1. The molecule has 0 amide bonds. The van der Waals surface area contributed by atoms with E-state index in [1.165, 1.54) is 21.1 Å². The van der Waals surface area contributed by atoms with Crippen molar-refractivity contribution in [1.82, 2.24) is 24.2 Å². The summed E-state index contributed by atoms with van der Waals surface area (Å²) in [5.74, 6) is -0.611. The van der Waals surface area contributed by atoms with E-state index >= 15 is 0 Å². The lowest BCUT2D eigenvalue weighted by molar-refractivity contribution is -0.140. The zero-order chi connectivity index (χ0) is 26.0. The Morgan fingerprint density at radius 2 is 2.06 bits per heavy atom. The number of likely N-dealkylation sites (N-methyl/N-ethyl adjacent to an activating group) is 1. The summed E-state index contributed by atoms with van der Waals surface area (Å²) in [4.78, 5) is 24.3. The number of anilines is 1. The second-order valence-corrected chi connectivity index (χ2v) is 11.2. The van der Waals surface area contributed by atoms with Gasteiger partial charge >= 0.3 is 13.7 Å². The van der Waals surface area contributed by atoms with Gasteiger partial charge in [-0.15, -0.1) is 0 Å². The molecule has 1 aliphatic rings. The Hall–Kier alpha value is -2.99. The van der Waals surface area contributed by atoms with Gasteiger partial charge in [-0.05, 0) is 44.7 Å². The van der Waals surface area contributed by atoms with E-state index in [4.69, 9.17) is 19.5 Å². The molecule has 14 heteroatoms. The minimum atomic E-state index is -4.02. The Morgan fingerprint density at radius 1 is 1.33 bits per heavy atom. The Labute approximate surface area is 215 Å². The molecule has 0 spiro atoms. The van der Waals surface area contributed by atoms with Crippen molar-refractivity contribution in [3.05, 3.63) is 47.2 Å². The number of fused-ring (bicyclic) bond motifs is 1. The summed E-state index contributed by atoms with van der Waals surface area (Å²) in [5.41, 5.74) is 6.85. The van der Waals surface area contributed by atoms with Crippen molar-refractivity contribution in [3.8, 4) is 11.6 Å². The molecule has 0 saturated carbocycles. The van der Waals surface area contributed by atoms with Crippen LogP contribution >= 0.6 is 23.7 Å². The highest BCUT2D eigenvalue weighted by Gasteiger charge is 2.39. The molecular weight excluding hydrogens is 555 g/mol. The predicted molar refractivity (Wildman–Crippen MR) is 136 cm³/mol. The lowest BCUT2D eigenvalue weighted by atomic mass is 10.1. The van der Waals surface area contributed by atoms with Crippen LogP contribution in [0.25, 0.3) is 11.2 Å². The molecule has 1 unspecified atom stereocenters. The average molecular weight is 581 g/mol. The highest BCUT2D eigenvalue weighted by Crippen LogP contribution is 2.53. The maximum atomic E-state index is 13.8. The number of halogens is 1. The molecule has 36 heavy (non-hydrogen) atoms. The topological polar surface area (TPSA) is 155 Å². The van der Waals surface area contributed by atoms with Gasteiger partial charge in [0.05, 0.1) is 26.1 Å². The second-order valence-electron chi connectivity index (χ2n) is 8.26. The Kier molecular flexibility index (Phi) is 7.65. The van der Waals surface area contributed by atoms with Crippen LogP contribution in [0.15, 0.2) is 47.2 Å². The first-order valence-corrected chi connectivity index (χ1v) is 13.3. The van der Waals surface area contributed by atoms with Gasteiger partial charge in [-0.2, -0.15) is 14.6 Å². The van der Waals surface area contributed by atoms with Gasteiger partial charge in [-0.1, -0.05) is 28.1 Å². The Bertz CT molecular complexity index is 1330. The molecule has 0 saturated heterocycles. The first-order valence-electron chi connectivity index (χ1n) is 11.0. The van der Waals surface area contributed by atoms with E-state index in [9.17, 15) is 14.5 Å².